The number of hydrogen-bond acceptors (Lipinski definition) is 3. The first-order valence-corrected chi connectivity index (χ1v) is 6.24. The Hall–Kier alpha value is -2.36. The number of anilines is 1. The Kier molecular flexibility index (Phi) is 2.91. The number of carboxylic acid groups (broad SMARTS) is 1. The predicted molar refractivity (Wildman–Crippen MR) is 72.5 cm³/mol. The van der Waals surface area contributed by atoms with Gasteiger partial charge in [0.05, 0.1) is 5.69 Å². The van der Waals surface area contributed by atoms with Crippen molar-refractivity contribution in [1.82, 2.24) is 4.98 Å². The molecule has 2 N–H and O–H groups in total. The van der Waals surface area contributed by atoms with Gasteiger partial charge >= 0.3 is 5.97 Å². The number of carbonyl (C=O) groups is 1. The van der Waals surface area contributed by atoms with E-state index in [4.69, 9.17) is 5.11 Å². The van der Waals surface area contributed by atoms with Gasteiger partial charge in [0.25, 0.3) is 0 Å². The van der Waals surface area contributed by atoms with Crippen LogP contribution in [-0.4, -0.2) is 22.1 Å². The molecule has 0 fully saturated rings. The van der Waals surface area contributed by atoms with Crippen LogP contribution in [0.3, 0.4) is 0 Å². The third-order valence-electron chi connectivity index (χ3n) is 3.46. The average molecular weight is 254 g/mol. The van der Waals surface area contributed by atoms with Crippen LogP contribution in [0.4, 0.5) is 5.69 Å². The van der Waals surface area contributed by atoms with Crippen molar-refractivity contribution < 1.29 is 9.90 Å². The van der Waals surface area contributed by atoms with Crippen molar-refractivity contribution >= 4 is 11.7 Å². The molecule has 1 heterocycles. The summed E-state index contributed by atoms with van der Waals surface area (Å²) in [5, 5.41) is 12.5. The normalized spacial score (nSPS) is 14.1. The summed E-state index contributed by atoms with van der Waals surface area (Å²) >= 11 is 0. The summed E-state index contributed by atoms with van der Waals surface area (Å²) in [6.07, 6.45) is 4.85. The minimum absolute atomic E-state index is 0.221. The molecular formula is C15H14N2O2. The highest BCUT2D eigenvalue weighted by Crippen LogP contribution is 2.25. The molecule has 0 radical (unpaired) electrons. The molecule has 1 aromatic carbocycles. The van der Waals surface area contributed by atoms with Crippen molar-refractivity contribution in [2.24, 2.45) is 0 Å². The Balaban J connectivity index is 1.80. The SMILES string of the molecule is O=C(O)c1cnccc1NC1Cc2ccccc2C1. The summed E-state index contributed by atoms with van der Waals surface area (Å²) in [4.78, 5) is 15.0. The molecule has 0 unspecified atom stereocenters. The van der Waals surface area contributed by atoms with E-state index in [1.54, 1.807) is 12.3 Å². The largest absolute Gasteiger partial charge is 0.478 e. The molecule has 1 aliphatic rings. The van der Waals surface area contributed by atoms with Crippen molar-refractivity contribution in [2.75, 3.05) is 5.32 Å². The summed E-state index contributed by atoms with van der Waals surface area (Å²) in [6.45, 7) is 0. The Bertz CT molecular complexity index is 600. The summed E-state index contributed by atoms with van der Waals surface area (Å²) in [7, 11) is 0. The quantitative estimate of drug-likeness (QED) is 0.882. The van der Waals surface area contributed by atoms with E-state index in [1.807, 2.05) is 12.1 Å². The van der Waals surface area contributed by atoms with Crippen LogP contribution in [0.2, 0.25) is 0 Å². The zero-order valence-corrected chi connectivity index (χ0v) is 10.3. The second-order valence-electron chi connectivity index (χ2n) is 4.74. The first kappa shape index (κ1) is 11.7. The molecule has 3 rings (SSSR count). The Morgan fingerprint density at radius 2 is 1.89 bits per heavy atom. The number of pyridine rings is 1. The summed E-state index contributed by atoms with van der Waals surface area (Å²) in [5.74, 6) is -0.953. The van der Waals surface area contributed by atoms with Crippen LogP contribution in [0.15, 0.2) is 42.7 Å². The molecule has 4 heteroatoms. The molecule has 0 saturated heterocycles. The van der Waals surface area contributed by atoms with E-state index in [9.17, 15) is 4.79 Å². The predicted octanol–water partition coefficient (Wildman–Crippen LogP) is 2.36. The highest BCUT2D eigenvalue weighted by molar-refractivity contribution is 5.93. The molecule has 0 spiro atoms. The van der Waals surface area contributed by atoms with Crippen LogP contribution in [0, 0.1) is 0 Å². The second-order valence-corrected chi connectivity index (χ2v) is 4.74. The lowest BCUT2D eigenvalue weighted by Crippen LogP contribution is -2.21. The lowest BCUT2D eigenvalue weighted by atomic mass is 10.1. The molecular weight excluding hydrogens is 240 g/mol. The fraction of sp³-hybridized carbons (Fsp3) is 0.200. The number of hydrogen-bond donors (Lipinski definition) is 2. The molecule has 0 amide bonds. The lowest BCUT2D eigenvalue weighted by Gasteiger charge is -2.15. The van der Waals surface area contributed by atoms with Gasteiger partial charge in [-0.15, -0.1) is 0 Å². The Labute approximate surface area is 111 Å². The number of rotatable bonds is 3. The first-order chi connectivity index (χ1) is 9.24. The van der Waals surface area contributed by atoms with E-state index in [-0.39, 0.29) is 11.6 Å². The molecule has 4 nitrogen and oxygen atoms in total. The van der Waals surface area contributed by atoms with Gasteiger partial charge in [0, 0.05) is 18.4 Å². The third-order valence-corrected chi connectivity index (χ3v) is 3.46. The van der Waals surface area contributed by atoms with Gasteiger partial charge in [-0.05, 0) is 30.0 Å². The van der Waals surface area contributed by atoms with E-state index in [2.05, 4.69) is 22.4 Å². The van der Waals surface area contributed by atoms with Gasteiger partial charge in [-0.1, -0.05) is 24.3 Å². The monoisotopic (exact) mass is 254 g/mol. The molecule has 0 atom stereocenters. The number of aromatic carboxylic acids is 1. The van der Waals surface area contributed by atoms with Gasteiger partial charge in [-0.25, -0.2) is 4.79 Å². The third kappa shape index (κ3) is 2.29. The Morgan fingerprint density at radius 3 is 2.53 bits per heavy atom. The zero-order chi connectivity index (χ0) is 13.2. The Morgan fingerprint density at radius 1 is 1.21 bits per heavy atom. The van der Waals surface area contributed by atoms with Gasteiger partial charge in [-0.2, -0.15) is 0 Å². The van der Waals surface area contributed by atoms with Gasteiger partial charge in [0.2, 0.25) is 0 Å². The highest BCUT2D eigenvalue weighted by atomic mass is 16.4. The zero-order valence-electron chi connectivity index (χ0n) is 10.3. The highest BCUT2D eigenvalue weighted by Gasteiger charge is 2.22. The number of carboxylic acids is 1. The lowest BCUT2D eigenvalue weighted by molar-refractivity contribution is 0.0697. The summed E-state index contributed by atoms with van der Waals surface area (Å²) in [5.41, 5.74) is 3.54. The maximum Gasteiger partial charge on any atom is 0.339 e. The van der Waals surface area contributed by atoms with Gasteiger partial charge in [0.15, 0.2) is 0 Å². The van der Waals surface area contributed by atoms with E-state index in [0.29, 0.717) is 5.69 Å². The minimum Gasteiger partial charge on any atom is -0.478 e. The molecule has 0 bridgehead atoms. The van der Waals surface area contributed by atoms with Crippen LogP contribution in [-0.2, 0) is 12.8 Å². The molecule has 1 aromatic heterocycles. The number of nitrogens with zero attached hydrogens (tertiary/aromatic N) is 1. The molecule has 96 valence electrons. The van der Waals surface area contributed by atoms with Crippen molar-refractivity contribution in [3.05, 3.63) is 59.4 Å². The first-order valence-electron chi connectivity index (χ1n) is 6.24. The van der Waals surface area contributed by atoms with Gasteiger partial charge in [-0.3, -0.25) is 4.98 Å². The molecule has 1 aliphatic carbocycles. The minimum atomic E-state index is -0.953. The number of aromatic nitrogens is 1. The fourth-order valence-electron chi connectivity index (χ4n) is 2.57. The van der Waals surface area contributed by atoms with Crippen LogP contribution >= 0.6 is 0 Å². The van der Waals surface area contributed by atoms with Crippen molar-refractivity contribution in [2.45, 2.75) is 18.9 Å². The van der Waals surface area contributed by atoms with Crippen LogP contribution in [0.1, 0.15) is 21.5 Å². The standard InChI is InChI=1S/C15H14N2O2/c18-15(19)13-9-16-6-5-14(13)17-12-7-10-3-1-2-4-11(10)8-12/h1-6,9,12H,7-8H2,(H,16,17)(H,18,19). The van der Waals surface area contributed by atoms with Crippen molar-refractivity contribution in [3.63, 3.8) is 0 Å². The van der Waals surface area contributed by atoms with Crippen molar-refractivity contribution in [1.29, 1.82) is 0 Å². The molecule has 19 heavy (non-hydrogen) atoms. The molecule has 0 aliphatic heterocycles. The maximum atomic E-state index is 11.1. The summed E-state index contributed by atoms with van der Waals surface area (Å²) < 4.78 is 0. The number of fused-ring (bicyclic) bond motifs is 1. The molecule has 2 aromatic rings. The number of nitrogens with one attached hydrogen (secondary N) is 1. The van der Waals surface area contributed by atoms with E-state index in [0.717, 1.165) is 12.8 Å². The van der Waals surface area contributed by atoms with Crippen LogP contribution in [0.5, 0.6) is 0 Å². The van der Waals surface area contributed by atoms with Gasteiger partial charge < -0.3 is 10.4 Å². The van der Waals surface area contributed by atoms with E-state index >= 15 is 0 Å². The second kappa shape index (κ2) is 4.72. The van der Waals surface area contributed by atoms with E-state index < -0.39 is 5.97 Å². The average Bonchev–Trinajstić information content (AvgIpc) is 2.81. The summed E-state index contributed by atoms with van der Waals surface area (Å²) in [6, 6.07) is 10.3. The topological polar surface area (TPSA) is 62.2 Å². The fourth-order valence-corrected chi connectivity index (χ4v) is 2.57. The van der Waals surface area contributed by atoms with Crippen LogP contribution in [0.25, 0.3) is 0 Å². The van der Waals surface area contributed by atoms with E-state index in [1.165, 1.54) is 17.3 Å². The smallest absolute Gasteiger partial charge is 0.339 e. The number of benzene rings is 1. The van der Waals surface area contributed by atoms with Gasteiger partial charge in [0.1, 0.15) is 5.56 Å². The maximum absolute atomic E-state index is 11.1. The van der Waals surface area contributed by atoms with Crippen LogP contribution < -0.4 is 5.32 Å². The van der Waals surface area contributed by atoms with Crippen molar-refractivity contribution in [3.8, 4) is 0 Å². The molecule has 0 saturated carbocycles.